The Morgan fingerprint density at radius 3 is 2.47 bits per heavy atom. The highest BCUT2D eigenvalue weighted by atomic mass is 32.1. The summed E-state index contributed by atoms with van der Waals surface area (Å²) in [7, 11) is 0. The van der Waals surface area contributed by atoms with Crippen LogP contribution in [0, 0.1) is 25.2 Å². The van der Waals surface area contributed by atoms with Gasteiger partial charge in [0, 0.05) is 42.0 Å². The highest BCUT2D eigenvalue weighted by Gasteiger charge is 2.40. The standard InChI is InChI=1S/C25H25N5OS/c1-16-12-20(13-17(2)27-16)23-22(19-5-3-4-18(14-19)15-26)28-24(32-23)30-10-8-25(9-11-30)7-6-21(31)29-25/h3-5,12-14H,6-11H2,1-2H3,(H,29,31). The molecule has 1 aromatic carbocycles. The lowest BCUT2D eigenvalue weighted by atomic mass is 9.86. The number of rotatable bonds is 3. The number of carbonyl (C=O) groups is 1. The van der Waals surface area contributed by atoms with Gasteiger partial charge in [0.1, 0.15) is 0 Å². The van der Waals surface area contributed by atoms with Crippen LogP contribution in [0.25, 0.3) is 21.7 Å². The minimum absolute atomic E-state index is 0.0308. The Morgan fingerprint density at radius 1 is 1.06 bits per heavy atom. The third kappa shape index (κ3) is 3.87. The number of nitrogens with zero attached hydrogens (tertiary/aromatic N) is 4. The van der Waals surface area contributed by atoms with E-state index >= 15 is 0 Å². The summed E-state index contributed by atoms with van der Waals surface area (Å²) < 4.78 is 0. The van der Waals surface area contributed by atoms with E-state index < -0.39 is 0 Å². The van der Waals surface area contributed by atoms with Crippen molar-refractivity contribution in [3.8, 4) is 27.8 Å². The molecule has 1 N–H and O–H groups in total. The van der Waals surface area contributed by atoms with Crippen molar-refractivity contribution in [1.82, 2.24) is 15.3 Å². The van der Waals surface area contributed by atoms with E-state index in [2.05, 4.69) is 33.4 Å². The Labute approximate surface area is 191 Å². The molecule has 2 aliphatic heterocycles. The molecule has 3 aromatic rings. The van der Waals surface area contributed by atoms with Gasteiger partial charge in [-0.1, -0.05) is 23.5 Å². The van der Waals surface area contributed by atoms with Crippen LogP contribution in [0.5, 0.6) is 0 Å². The second kappa shape index (κ2) is 8.03. The summed E-state index contributed by atoms with van der Waals surface area (Å²) in [5.41, 5.74) is 5.50. The fraction of sp³-hybridized carbons (Fsp3) is 0.360. The minimum atomic E-state index is -0.0308. The lowest BCUT2D eigenvalue weighted by molar-refractivity contribution is -0.119. The number of aryl methyl sites for hydroxylation is 2. The van der Waals surface area contributed by atoms with Crippen molar-refractivity contribution in [3.05, 3.63) is 53.3 Å². The third-order valence-electron chi connectivity index (χ3n) is 6.45. The quantitative estimate of drug-likeness (QED) is 0.639. The summed E-state index contributed by atoms with van der Waals surface area (Å²) in [6.45, 7) is 5.77. The first-order valence-electron chi connectivity index (χ1n) is 11.0. The number of hydrogen-bond acceptors (Lipinski definition) is 6. The fourth-order valence-electron chi connectivity index (χ4n) is 4.81. The fourth-order valence-corrected chi connectivity index (χ4v) is 5.94. The number of carbonyl (C=O) groups excluding carboxylic acids is 1. The minimum Gasteiger partial charge on any atom is -0.351 e. The van der Waals surface area contributed by atoms with Gasteiger partial charge >= 0.3 is 0 Å². The second-order valence-electron chi connectivity index (χ2n) is 8.82. The predicted molar refractivity (Wildman–Crippen MR) is 127 cm³/mol. The Bertz CT molecular complexity index is 1210. The number of nitriles is 1. The van der Waals surface area contributed by atoms with Gasteiger partial charge in [-0.2, -0.15) is 5.26 Å². The van der Waals surface area contributed by atoms with Crippen molar-refractivity contribution in [2.24, 2.45) is 0 Å². The molecular formula is C25H25N5OS. The Kier molecular flexibility index (Phi) is 5.18. The summed E-state index contributed by atoms with van der Waals surface area (Å²) in [5, 5.41) is 13.6. The molecule has 7 heteroatoms. The molecule has 1 amide bonds. The summed E-state index contributed by atoms with van der Waals surface area (Å²) in [6, 6.07) is 14.1. The smallest absolute Gasteiger partial charge is 0.220 e. The molecular weight excluding hydrogens is 418 g/mol. The number of amides is 1. The first-order valence-corrected chi connectivity index (χ1v) is 11.8. The average molecular weight is 444 g/mol. The van der Waals surface area contributed by atoms with Crippen molar-refractivity contribution in [3.63, 3.8) is 0 Å². The first kappa shape index (κ1) is 20.7. The molecule has 0 bridgehead atoms. The summed E-state index contributed by atoms with van der Waals surface area (Å²) in [4.78, 5) is 24.8. The zero-order valence-corrected chi connectivity index (χ0v) is 19.1. The molecule has 2 saturated heterocycles. The van der Waals surface area contributed by atoms with E-state index in [1.54, 1.807) is 11.3 Å². The van der Waals surface area contributed by atoms with Gasteiger partial charge in [-0.25, -0.2) is 4.98 Å². The van der Waals surface area contributed by atoms with Gasteiger partial charge in [0.05, 0.1) is 22.2 Å². The van der Waals surface area contributed by atoms with Crippen molar-refractivity contribution >= 4 is 22.4 Å². The molecule has 0 atom stereocenters. The number of thiazole rings is 1. The Hall–Kier alpha value is -3.24. The van der Waals surface area contributed by atoms with Gasteiger partial charge in [0.2, 0.25) is 5.91 Å². The largest absolute Gasteiger partial charge is 0.351 e. The van der Waals surface area contributed by atoms with Gasteiger partial charge in [0.25, 0.3) is 0 Å². The highest BCUT2D eigenvalue weighted by molar-refractivity contribution is 7.19. The highest BCUT2D eigenvalue weighted by Crippen LogP contribution is 2.42. The zero-order valence-electron chi connectivity index (χ0n) is 18.3. The topological polar surface area (TPSA) is 81.9 Å². The van der Waals surface area contributed by atoms with E-state index in [0.717, 1.165) is 70.6 Å². The van der Waals surface area contributed by atoms with Crippen LogP contribution in [0.4, 0.5) is 5.13 Å². The van der Waals surface area contributed by atoms with Crippen LogP contribution in [0.1, 0.15) is 42.6 Å². The molecule has 2 fully saturated rings. The lowest BCUT2D eigenvalue weighted by Gasteiger charge is -2.39. The van der Waals surface area contributed by atoms with Crippen molar-refractivity contribution < 1.29 is 4.79 Å². The molecule has 0 radical (unpaired) electrons. The maximum atomic E-state index is 11.8. The van der Waals surface area contributed by atoms with E-state index in [1.165, 1.54) is 0 Å². The van der Waals surface area contributed by atoms with Crippen LogP contribution >= 0.6 is 11.3 Å². The van der Waals surface area contributed by atoms with E-state index in [-0.39, 0.29) is 11.4 Å². The lowest BCUT2D eigenvalue weighted by Crippen LogP contribution is -2.51. The average Bonchev–Trinajstić information content (AvgIpc) is 3.38. The van der Waals surface area contributed by atoms with Crippen LogP contribution in [0.3, 0.4) is 0 Å². The molecule has 0 unspecified atom stereocenters. The number of nitrogens with one attached hydrogen (secondary N) is 1. The molecule has 2 aromatic heterocycles. The maximum absolute atomic E-state index is 11.8. The van der Waals surface area contributed by atoms with Gasteiger partial charge in [-0.05, 0) is 62.9 Å². The molecule has 0 saturated carbocycles. The summed E-state index contributed by atoms with van der Waals surface area (Å²) >= 11 is 1.69. The number of hydrogen-bond donors (Lipinski definition) is 1. The van der Waals surface area contributed by atoms with Gasteiger partial charge in [-0.15, -0.1) is 0 Å². The number of piperidine rings is 1. The number of anilines is 1. The Morgan fingerprint density at radius 2 is 1.81 bits per heavy atom. The number of aromatic nitrogens is 2. The van der Waals surface area contributed by atoms with Crippen LogP contribution in [0.15, 0.2) is 36.4 Å². The zero-order chi connectivity index (χ0) is 22.3. The maximum Gasteiger partial charge on any atom is 0.220 e. The van der Waals surface area contributed by atoms with Gasteiger partial charge in [0.15, 0.2) is 5.13 Å². The van der Waals surface area contributed by atoms with Gasteiger partial charge < -0.3 is 10.2 Å². The van der Waals surface area contributed by atoms with Crippen molar-refractivity contribution in [1.29, 1.82) is 5.26 Å². The third-order valence-corrected chi connectivity index (χ3v) is 7.62. The molecule has 4 heterocycles. The van der Waals surface area contributed by atoms with Gasteiger partial charge in [-0.3, -0.25) is 9.78 Å². The molecule has 2 aliphatic rings. The van der Waals surface area contributed by atoms with Crippen molar-refractivity contribution in [2.75, 3.05) is 18.0 Å². The monoisotopic (exact) mass is 443 g/mol. The van der Waals surface area contributed by atoms with Crippen LogP contribution in [-0.2, 0) is 4.79 Å². The molecule has 6 nitrogen and oxygen atoms in total. The van der Waals surface area contributed by atoms with Crippen molar-refractivity contribution in [2.45, 2.75) is 45.1 Å². The molecule has 162 valence electrons. The molecule has 32 heavy (non-hydrogen) atoms. The van der Waals surface area contributed by atoms with Crippen LogP contribution < -0.4 is 10.2 Å². The van der Waals surface area contributed by atoms with E-state index in [0.29, 0.717) is 12.0 Å². The summed E-state index contributed by atoms with van der Waals surface area (Å²) in [5.74, 6) is 0.179. The normalized spacial score (nSPS) is 17.4. The molecule has 0 aliphatic carbocycles. The summed E-state index contributed by atoms with van der Waals surface area (Å²) in [6.07, 6.45) is 3.47. The molecule has 5 rings (SSSR count). The van der Waals surface area contributed by atoms with Crippen LogP contribution in [-0.4, -0.2) is 34.5 Å². The number of benzene rings is 1. The predicted octanol–water partition coefficient (Wildman–Crippen LogP) is 4.61. The Balaban J connectivity index is 1.53. The first-order chi connectivity index (χ1) is 15.4. The second-order valence-corrected chi connectivity index (χ2v) is 9.80. The SMILES string of the molecule is Cc1cc(-c2sc(N3CCC4(CCC(=O)N4)CC3)nc2-c2cccc(C#N)c2)cc(C)n1. The van der Waals surface area contributed by atoms with E-state index in [9.17, 15) is 10.1 Å². The van der Waals surface area contributed by atoms with E-state index in [4.69, 9.17) is 4.98 Å². The molecule has 1 spiro atoms. The van der Waals surface area contributed by atoms with E-state index in [1.807, 2.05) is 38.1 Å². The number of pyridine rings is 1. The van der Waals surface area contributed by atoms with Crippen LogP contribution in [0.2, 0.25) is 0 Å².